The minimum absolute atomic E-state index is 0.154. The number of hydrogen-bond donors (Lipinski definition) is 0. The predicted octanol–water partition coefficient (Wildman–Crippen LogP) is 2.31. The fourth-order valence-electron chi connectivity index (χ4n) is 4.09. The molecule has 0 aromatic rings. The van der Waals surface area contributed by atoms with Crippen LogP contribution >= 0.6 is 0 Å². The number of hydrogen-bond acceptors (Lipinski definition) is 6. The fraction of sp³-hybridized carbons (Fsp3) is 0.667. The Hall–Kier alpha value is -1.98. The minimum atomic E-state index is -0.671. The topological polar surface area (TPSA) is 86.7 Å². The molecule has 0 N–H and O–H groups in total. The molecule has 130 valence electrons. The van der Waals surface area contributed by atoms with E-state index in [-0.39, 0.29) is 29.7 Å². The molecule has 0 aromatic heterocycles. The van der Waals surface area contributed by atoms with Gasteiger partial charge in [-0.3, -0.25) is 19.2 Å². The van der Waals surface area contributed by atoms with Gasteiger partial charge in [-0.05, 0) is 39.5 Å². The van der Waals surface area contributed by atoms with Crippen molar-refractivity contribution in [1.29, 1.82) is 0 Å². The molecule has 4 atom stereocenters. The summed E-state index contributed by atoms with van der Waals surface area (Å²) >= 11 is 0. The molecule has 4 rings (SSSR count). The van der Waals surface area contributed by atoms with Crippen LogP contribution in [0.25, 0.3) is 0 Å². The Morgan fingerprint density at radius 3 is 2.25 bits per heavy atom. The summed E-state index contributed by atoms with van der Waals surface area (Å²) < 4.78 is 9.22. The molecule has 4 unspecified atom stereocenters. The summed E-state index contributed by atoms with van der Waals surface area (Å²) in [6.07, 6.45) is 9.05. The normalized spacial score (nSPS) is 40.2. The number of carbonyl (C=O) groups excluding carboxylic acids is 4. The number of cyclic esters (lactones) is 4. The Labute approximate surface area is 140 Å². The van der Waals surface area contributed by atoms with Crippen LogP contribution in [0.4, 0.5) is 0 Å². The first-order valence-corrected chi connectivity index (χ1v) is 8.49. The van der Waals surface area contributed by atoms with Gasteiger partial charge in [0.25, 0.3) is 0 Å². The molecule has 0 bridgehead atoms. The maximum atomic E-state index is 11.3. The Kier molecular flexibility index (Phi) is 4.10. The first-order chi connectivity index (χ1) is 11.3. The summed E-state index contributed by atoms with van der Waals surface area (Å²) in [4.78, 5) is 44.9. The van der Waals surface area contributed by atoms with Gasteiger partial charge in [0.2, 0.25) is 0 Å². The lowest BCUT2D eigenvalue weighted by molar-refractivity contribution is -0.156. The molecule has 0 aromatic carbocycles. The van der Waals surface area contributed by atoms with Crippen LogP contribution < -0.4 is 0 Å². The first kappa shape index (κ1) is 16.9. The highest BCUT2D eigenvalue weighted by Crippen LogP contribution is 2.46. The number of esters is 4. The van der Waals surface area contributed by atoms with Crippen LogP contribution in [0.5, 0.6) is 0 Å². The average Bonchev–Trinajstić information content (AvgIpc) is 2.91. The molecule has 0 spiro atoms. The smallest absolute Gasteiger partial charge is 0.324 e. The quantitative estimate of drug-likeness (QED) is 0.384. The predicted molar refractivity (Wildman–Crippen MR) is 82.2 cm³/mol. The first-order valence-electron chi connectivity index (χ1n) is 8.49. The van der Waals surface area contributed by atoms with E-state index in [1.165, 1.54) is 0 Å². The largest absolute Gasteiger partial charge is 0.392 e. The highest BCUT2D eigenvalue weighted by Gasteiger charge is 2.55. The van der Waals surface area contributed by atoms with Crippen molar-refractivity contribution in [3.05, 3.63) is 12.2 Å². The van der Waals surface area contributed by atoms with Gasteiger partial charge in [-0.2, -0.15) is 0 Å². The molecule has 0 radical (unpaired) electrons. The van der Waals surface area contributed by atoms with Crippen LogP contribution in [-0.2, 0) is 28.7 Å². The standard InChI is InChI=1S/C9H12O3.C9H10O3/c2*1-9-5-3-2-4-6(9)7(10)12-8(9)11/h6H,2-5H2,1H3;3,5-6H,2,4H2,1H3. The highest BCUT2D eigenvalue weighted by molar-refractivity contribution is 6.00. The number of allylic oxidation sites excluding steroid dienone is 1. The summed E-state index contributed by atoms with van der Waals surface area (Å²) in [5, 5.41) is 0. The van der Waals surface area contributed by atoms with E-state index in [9.17, 15) is 19.2 Å². The van der Waals surface area contributed by atoms with Gasteiger partial charge in [0.05, 0.1) is 22.7 Å². The molecular weight excluding hydrogens is 312 g/mol. The summed E-state index contributed by atoms with van der Waals surface area (Å²) in [7, 11) is 0. The lowest BCUT2D eigenvalue weighted by Gasteiger charge is -2.29. The zero-order chi connectivity index (χ0) is 17.5. The van der Waals surface area contributed by atoms with Crippen LogP contribution in [-0.4, -0.2) is 23.9 Å². The number of ether oxygens (including phenoxy) is 2. The number of carbonyl (C=O) groups is 4. The van der Waals surface area contributed by atoms with Gasteiger partial charge in [0.1, 0.15) is 0 Å². The highest BCUT2D eigenvalue weighted by atomic mass is 16.6. The van der Waals surface area contributed by atoms with E-state index in [4.69, 9.17) is 0 Å². The Balaban J connectivity index is 0.000000141. The third-order valence-electron chi connectivity index (χ3n) is 5.88. The molecule has 2 aliphatic heterocycles. The second-order valence-corrected chi connectivity index (χ2v) is 7.45. The van der Waals surface area contributed by atoms with Crippen molar-refractivity contribution in [3.8, 4) is 0 Å². The summed E-state index contributed by atoms with van der Waals surface area (Å²) in [5.74, 6) is -1.76. The average molecular weight is 334 g/mol. The monoisotopic (exact) mass is 334 g/mol. The van der Waals surface area contributed by atoms with Crippen molar-refractivity contribution in [2.75, 3.05) is 0 Å². The lowest BCUT2D eigenvalue weighted by Crippen LogP contribution is -2.33. The molecule has 2 saturated heterocycles. The van der Waals surface area contributed by atoms with E-state index >= 15 is 0 Å². The molecule has 24 heavy (non-hydrogen) atoms. The summed E-state index contributed by atoms with van der Waals surface area (Å²) in [6, 6.07) is 0. The maximum Gasteiger partial charge on any atom is 0.324 e. The van der Waals surface area contributed by atoms with Crippen molar-refractivity contribution in [1.82, 2.24) is 0 Å². The fourth-order valence-corrected chi connectivity index (χ4v) is 4.09. The van der Waals surface area contributed by atoms with Gasteiger partial charge in [0, 0.05) is 0 Å². The Bertz CT molecular complexity index is 635. The molecule has 0 amide bonds. The van der Waals surface area contributed by atoms with Crippen molar-refractivity contribution in [2.45, 2.75) is 52.4 Å². The van der Waals surface area contributed by atoms with Gasteiger partial charge < -0.3 is 9.47 Å². The molecule has 6 heteroatoms. The molecule has 3 fully saturated rings. The van der Waals surface area contributed by atoms with E-state index in [0.717, 1.165) is 38.5 Å². The van der Waals surface area contributed by atoms with E-state index in [2.05, 4.69) is 9.47 Å². The Morgan fingerprint density at radius 1 is 0.917 bits per heavy atom. The second-order valence-electron chi connectivity index (χ2n) is 7.45. The second kappa shape index (κ2) is 5.83. The summed E-state index contributed by atoms with van der Waals surface area (Å²) in [6.45, 7) is 3.62. The number of fused-ring (bicyclic) bond motifs is 2. The van der Waals surface area contributed by atoms with E-state index in [0.29, 0.717) is 0 Å². The molecule has 2 heterocycles. The van der Waals surface area contributed by atoms with Gasteiger partial charge in [-0.15, -0.1) is 0 Å². The van der Waals surface area contributed by atoms with Crippen LogP contribution in [0.3, 0.4) is 0 Å². The van der Waals surface area contributed by atoms with Crippen LogP contribution in [0.2, 0.25) is 0 Å². The molecule has 4 aliphatic rings. The molecule has 6 nitrogen and oxygen atoms in total. The number of rotatable bonds is 0. The third-order valence-corrected chi connectivity index (χ3v) is 5.88. The van der Waals surface area contributed by atoms with Gasteiger partial charge in [-0.1, -0.05) is 25.0 Å². The van der Waals surface area contributed by atoms with Gasteiger partial charge in [-0.25, -0.2) is 0 Å². The van der Waals surface area contributed by atoms with Crippen molar-refractivity contribution < 1.29 is 28.7 Å². The SMILES string of the molecule is CC12C=CCCC1C(=O)OC2=O.CC12CCCCC1C(=O)OC2=O. The zero-order valence-corrected chi connectivity index (χ0v) is 14.0. The van der Waals surface area contributed by atoms with Crippen LogP contribution in [0, 0.1) is 22.7 Å². The van der Waals surface area contributed by atoms with E-state index < -0.39 is 16.8 Å². The zero-order valence-electron chi connectivity index (χ0n) is 14.0. The van der Waals surface area contributed by atoms with Crippen molar-refractivity contribution >= 4 is 23.9 Å². The summed E-state index contributed by atoms with van der Waals surface area (Å²) in [5.41, 5.74) is -1.16. The van der Waals surface area contributed by atoms with Crippen LogP contribution in [0.15, 0.2) is 12.2 Å². The van der Waals surface area contributed by atoms with Crippen molar-refractivity contribution in [3.63, 3.8) is 0 Å². The van der Waals surface area contributed by atoms with E-state index in [1.54, 1.807) is 13.0 Å². The van der Waals surface area contributed by atoms with Crippen molar-refractivity contribution in [2.24, 2.45) is 22.7 Å². The minimum Gasteiger partial charge on any atom is -0.392 e. The Morgan fingerprint density at radius 2 is 1.58 bits per heavy atom. The maximum absolute atomic E-state index is 11.3. The molecule has 1 saturated carbocycles. The van der Waals surface area contributed by atoms with Crippen LogP contribution in [0.1, 0.15) is 52.4 Å². The molecular formula is C18H22O6. The lowest BCUT2D eigenvalue weighted by atomic mass is 9.69. The van der Waals surface area contributed by atoms with Gasteiger partial charge in [0.15, 0.2) is 0 Å². The third kappa shape index (κ3) is 2.48. The van der Waals surface area contributed by atoms with E-state index in [1.807, 2.05) is 13.0 Å². The molecule has 2 aliphatic carbocycles. The van der Waals surface area contributed by atoms with Gasteiger partial charge >= 0.3 is 23.9 Å².